The van der Waals surface area contributed by atoms with Crippen LogP contribution < -0.4 is 0 Å². The number of ketones is 1. The summed E-state index contributed by atoms with van der Waals surface area (Å²) in [5, 5.41) is 0. The van der Waals surface area contributed by atoms with Crippen LogP contribution in [0.1, 0.15) is 27.2 Å². The molecule has 0 fully saturated rings. The van der Waals surface area contributed by atoms with Gasteiger partial charge in [-0.1, -0.05) is 38.6 Å². The first-order valence-electron chi connectivity index (χ1n) is 6.20. The minimum absolute atomic E-state index is 0.101. The van der Waals surface area contributed by atoms with E-state index in [1.165, 1.54) is 0 Å². The average molecular weight is 240 g/mol. The van der Waals surface area contributed by atoms with E-state index in [-0.39, 0.29) is 11.2 Å². The van der Waals surface area contributed by atoms with E-state index in [9.17, 15) is 4.79 Å². The number of Topliss-reactive ketones (excluding diaryl/α,β-unsaturated/α-hetero) is 1. The Hall–Kier alpha value is -1.83. The van der Waals surface area contributed by atoms with Gasteiger partial charge in [-0.3, -0.25) is 4.79 Å². The highest BCUT2D eigenvalue weighted by Gasteiger charge is 2.26. The SMILES string of the molecule is CC(C)(C)C1=CCC=C(C=Nc2cc[cH-]c2)C1=O. The van der Waals surface area contributed by atoms with Gasteiger partial charge in [-0.15, -0.1) is 0 Å². The van der Waals surface area contributed by atoms with Crippen LogP contribution in [-0.2, 0) is 4.79 Å². The molecule has 2 nitrogen and oxygen atoms in total. The molecule has 0 aliphatic heterocycles. The Bertz CT molecular complexity index is 522. The fourth-order valence-corrected chi connectivity index (χ4v) is 2.00. The topological polar surface area (TPSA) is 29.4 Å². The molecule has 18 heavy (non-hydrogen) atoms. The molecule has 0 spiro atoms. The van der Waals surface area contributed by atoms with E-state index in [2.05, 4.69) is 25.8 Å². The lowest BCUT2D eigenvalue weighted by atomic mass is 9.79. The Labute approximate surface area is 108 Å². The number of allylic oxidation sites excluding steroid dienone is 4. The molecule has 1 aromatic carbocycles. The number of aliphatic imine (C=N–C) groups is 1. The van der Waals surface area contributed by atoms with Crippen LogP contribution in [0.5, 0.6) is 0 Å². The van der Waals surface area contributed by atoms with Crippen molar-refractivity contribution in [3.63, 3.8) is 0 Å². The Balaban J connectivity index is 2.17. The number of rotatable bonds is 2. The number of carbonyl (C=O) groups is 1. The van der Waals surface area contributed by atoms with Gasteiger partial charge in [0.2, 0.25) is 0 Å². The lowest BCUT2D eigenvalue weighted by molar-refractivity contribution is -0.112. The average Bonchev–Trinajstić information content (AvgIpc) is 2.79. The smallest absolute Gasteiger partial charge is 0.190 e. The summed E-state index contributed by atoms with van der Waals surface area (Å²) in [5.74, 6) is 0.101. The maximum Gasteiger partial charge on any atom is 0.190 e. The fraction of sp³-hybridized carbons (Fsp3) is 0.312. The molecule has 0 N–H and O–H groups in total. The molecule has 0 saturated heterocycles. The van der Waals surface area contributed by atoms with Crippen molar-refractivity contribution in [3.8, 4) is 0 Å². The molecule has 0 bridgehead atoms. The zero-order valence-electron chi connectivity index (χ0n) is 11.1. The van der Waals surface area contributed by atoms with Gasteiger partial charge in [0.1, 0.15) is 0 Å². The molecule has 1 aliphatic rings. The third-order valence-electron chi connectivity index (χ3n) is 2.97. The standard InChI is InChI=1S/C16H18NO/c1-16(2,3)14-10-6-7-12(15(14)18)11-17-13-8-4-5-9-13/h4-5,7-11H,6H2,1-3H3/q-1. The maximum absolute atomic E-state index is 12.3. The van der Waals surface area contributed by atoms with E-state index >= 15 is 0 Å². The van der Waals surface area contributed by atoms with Crippen LogP contribution in [0, 0.1) is 5.41 Å². The molecular weight excluding hydrogens is 222 g/mol. The molecule has 0 saturated carbocycles. The monoisotopic (exact) mass is 240 g/mol. The van der Waals surface area contributed by atoms with E-state index in [4.69, 9.17) is 0 Å². The molecule has 0 unspecified atom stereocenters. The largest absolute Gasteiger partial charge is 0.332 e. The summed E-state index contributed by atoms with van der Waals surface area (Å²) in [6.07, 6.45) is 6.43. The molecular formula is C16H18NO-. The molecule has 1 aromatic rings. The second kappa shape index (κ2) is 4.81. The fourth-order valence-electron chi connectivity index (χ4n) is 2.00. The normalized spacial score (nSPS) is 16.9. The molecule has 2 rings (SSSR count). The third-order valence-corrected chi connectivity index (χ3v) is 2.97. The molecule has 1 aliphatic carbocycles. The lowest BCUT2D eigenvalue weighted by Crippen LogP contribution is -2.22. The predicted molar refractivity (Wildman–Crippen MR) is 75.4 cm³/mol. The first kappa shape index (κ1) is 12.6. The first-order valence-corrected chi connectivity index (χ1v) is 6.20. The molecule has 0 atom stereocenters. The van der Waals surface area contributed by atoms with Crippen LogP contribution in [0.2, 0.25) is 0 Å². The van der Waals surface area contributed by atoms with Crippen LogP contribution in [0.15, 0.2) is 52.6 Å². The van der Waals surface area contributed by atoms with Crippen molar-refractivity contribution >= 4 is 17.7 Å². The zero-order chi connectivity index (χ0) is 13.2. The van der Waals surface area contributed by atoms with Crippen LogP contribution in [-0.4, -0.2) is 12.0 Å². The van der Waals surface area contributed by atoms with E-state index in [0.717, 1.165) is 17.7 Å². The van der Waals surface area contributed by atoms with Gasteiger partial charge in [-0.2, -0.15) is 24.3 Å². The summed E-state index contributed by atoms with van der Waals surface area (Å²) in [7, 11) is 0. The number of hydrogen-bond acceptors (Lipinski definition) is 2. The van der Waals surface area contributed by atoms with E-state index in [1.807, 2.05) is 36.4 Å². The van der Waals surface area contributed by atoms with Gasteiger partial charge in [0, 0.05) is 17.4 Å². The van der Waals surface area contributed by atoms with Gasteiger partial charge in [0.15, 0.2) is 5.78 Å². The van der Waals surface area contributed by atoms with Crippen molar-refractivity contribution in [1.29, 1.82) is 0 Å². The molecule has 0 aromatic heterocycles. The van der Waals surface area contributed by atoms with Gasteiger partial charge in [0.25, 0.3) is 0 Å². The van der Waals surface area contributed by atoms with E-state index < -0.39 is 0 Å². The van der Waals surface area contributed by atoms with Crippen LogP contribution in [0.3, 0.4) is 0 Å². The van der Waals surface area contributed by atoms with Gasteiger partial charge in [-0.05, 0) is 11.8 Å². The summed E-state index contributed by atoms with van der Waals surface area (Å²) in [6.45, 7) is 6.19. The number of carbonyl (C=O) groups excluding carboxylic acids is 1. The minimum Gasteiger partial charge on any atom is -0.332 e. The predicted octanol–water partition coefficient (Wildman–Crippen LogP) is 3.98. The Kier molecular flexibility index (Phi) is 3.37. The summed E-state index contributed by atoms with van der Waals surface area (Å²) < 4.78 is 0. The second-order valence-corrected chi connectivity index (χ2v) is 5.49. The van der Waals surface area contributed by atoms with Crippen molar-refractivity contribution in [2.24, 2.45) is 10.4 Å². The maximum atomic E-state index is 12.3. The zero-order valence-corrected chi connectivity index (χ0v) is 11.1. The van der Waals surface area contributed by atoms with Crippen molar-refractivity contribution < 1.29 is 4.79 Å². The third kappa shape index (κ3) is 2.70. The Morgan fingerprint density at radius 2 is 2.11 bits per heavy atom. The molecule has 0 amide bonds. The van der Waals surface area contributed by atoms with Gasteiger partial charge < -0.3 is 4.99 Å². The highest BCUT2D eigenvalue weighted by Crippen LogP contribution is 2.30. The van der Waals surface area contributed by atoms with Crippen molar-refractivity contribution in [2.75, 3.05) is 0 Å². The van der Waals surface area contributed by atoms with Gasteiger partial charge in [-0.25, -0.2) is 0 Å². The molecule has 94 valence electrons. The molecule has 0 heterocycles. The number of hydrogen-bond donors (Lipinski definition) is 0. The van der Waals surface area contributed by atoms with Crippen molar-refractivity contribution in [1.82, 2.24) is 0 Å². The van der Waals surface area contributed by atoms with E-state index in [1.54, 1.807) is 6.21 Å². The molecule has 0 radical (unpaired) electrons. The summed E-state index contributed by atoms with van der Waals surface area (Å²) in [6, 6.07) is 7.71. The summed E-state index contributed by atoms with van der Waals surface area (Å²) in [4.78, 5) is 16.6. The highest BCUT2D eigenvalue weighted by atomic mass is 16.1. The quantitative estimate of drug-likeness (QED) is 0.568. The minimum atomic E-state index is -0.106. The van der Waals surface area contributed by atoms with Gasteiger partial charge in [0.05, 0.1) is 0 Å². The van der Waals surface area contributed by atoms with E-state index in [0.29, 0.717) is 5.57 Å². The van der Waals surface area contributed by atoms with Crippen molar-refractivity contribution in [2.45, 2.75) is 27.2 Å². The van der Waals surface area contributed by atoms with Crippen LogP contribution in [0.4, 0.5) is 5.69 Å². The summed E-state index contributed by atoms with van der Waals surface area (Å²) in [5.41, 5.74) is 2.36. The summed E-state index contributed by atoms with van der Waals surface area (Å²) >= 11 is 0. The van der Waals surface area contributed by atoms with Crippen molar-refractivity contribution in [3.05, 3.63) is 47.6 Å². The highest BCUT2D eigenvalue weighted by molar-refractivity contribution is 6.22. The van der Waals surface area contributed by atoms with Gasteiger partial charge >= 0.3 is 0 Å². The second-order valence-electron chi connectivity index (χ2n) is 5.49. The number of nitrogens with zero attached hydrogens (tertiary/aromatic N) is 1. The lowest BCUT2D eigenvalue weighted by Gasteiger charge is -2.24. The Morgan fingerprint density at radius 3 is 2.72 bits per heavy atom. The van der Waals surface area contributed by atoms with Crippen LogP contribution in [0.25, 0.3) is 0 Å². The van der Waals surface area contributed by atoms with Crippen LogP contribution >= 0.6 is 0 Å². The first-order chi connectivity index (χ1) is 8.48. The molecule has 2 heteroatoms. The Morgan fingerprint density at radius 1 is 1.33 bits per heavy atom.